The molecule has 2 aromatic carbocycles. The molecule has 0 aromatic heterocycles. The second-order valence-electron chi connectivity index (χ2n) is 10.9. The fourth-order valence-electron chi connectivity index (χ4n) is 6.03. The highest BCUT2D eigenvalue weighted by Crippen LogP contribution is 2.59. The van der Waals surface area contributed by atoms with Crippen LogP contribution in [0, 0.1) is 23.7 Å². The number of allylic oxidation sites excluding steroid dienone is 3. The molecule has 0 aliphatic heterocycles. The number of fused-ring (bicyclic) bond motifs is 1. The number of carbonyl (C=O) groups excluding carboxylic acids is 2. The fourth-order valence-corrected chi connectivity index (χ4v) is 7.11. The predicted octanol–water partition coefficient (Wildman–Crippen LogP) is 5.33. The number of hydrogen-bond donors (Lipinski definition) is 1. The highest BCUT2D eigenvalue weighted by Gasteiger charge is 2.60. The molecule has 1 fully saturated rings. The SMILES string of the molecule is C=C(C)C1=C[C@]2(CCOCc3ccccc3)C(=O)CC[C@H](CNS(=O)(=O)c3ccc(C)cc3)[C@]2(C)CC1=O. The molecule has 2 aliphatic rings. The van der Waals surface area contributed by atoms with Gasteiger partial charge in [0.2, 0.25) is 10.0 Å². The summed E-state index contributed by atoms with van der Waals surface area (Å²) in [6.45, 7) is 10.6. The third-order valence-electron chi connectivity index (χ3n) is 8.42. The van der Waals surface area contributed by atoms with Crippen LogP contribution >= 0.6 is 0 Å². The first-order chi connectivity index (χ1) is 18.0. The molecule has 0 amide bonds. The van der Waals surface area contributed by atoms with Crippen molar-refractivity contribution in [2.75, 3.05) is 13.2 Å². The summed E-state index contributed by atoms with van der Waals surface area (Å²) in [4.78, 5) is 27.2. The lowest BCUT2D eigenvalue weighted by Crippen LogP contribution is -2.58. The fraction of sp³-hybridized carbons (Fsp3) is 0.419. The number of aryl methyl sites for hydroxylation is 1. The van der Waals surface area contributed by atoms with Crippen molar-refractivity contribution < 1.29 is 22.7 Å². The largest absolute Gasteiger partial charge is 0.377 e. The summed E-state index contributed by atoms with van der Waals surface area (Å²) in [6.07, 6.45) is 3.24. The molecule has 3 atom stereocenters. The lowest BCUT2D eigenvalue weighted by Gasteiger charge is -2.56. The van der Waals surface area contributed by atoms with Crippen LogP contribution in [0.15, 0.2) is 83.3 Å². The first-order valence-corrected chi connectivity index (χ1v) is 14.6. The molecule has 2 aromatic rings. The van der Waals surface area contributed by atoms with Crippen molar-refractivity contribution in [3.05, 3.63) is 89.5 Å². The molecule has 0 saturated heterocycles. The smallest absolute Gasteiger partial charge is 0.240 e. The summed E-state index contributed by atoms with van der Waals surface area (Å²) in [7, 11) is -3.74. The lowest BCUT2D eigenvalue weighted by molar-refractivity contribution is -0.148. The van der Waals surface area contributed by atoms with Crippen LogP contribution in [0.25, 0.3) is 0 Å². The van der Waals surface area contributed by atoms with Gasteiger partial charge in [0.25, 0.3) is 0 Å². The zero-order chi connectivity index (χ0) is 27.6. The molecule has 0 heterocycles. The van der Waals surface area contributed by atoms with Crippen molar-refractivity contribution in [2.24, 2.45) is 16.7 Å². The van der Waals surface area contributed by atoms with Gasteiger partial charge < -0.3 is 4.74 Å². The van der Waals surface area contributed by atoms with Crippen LogP contribution in [0.1, 0.15) is 50.7 Å². The Morgan fingerprint density at radius 3 is 2.45 bits per heavy atom. The number of sulfonamides is 1. The summed E-state index contributed by atoms with van der Waals surface area (Å²) in [5.74, 6) is -0.185. The highest BCUT2D eigenvalue weighted by molar-refractivity contribution is 7.89. The summed E-state index contributed by atoms with van der Waals surface area (Å²) >= 11 is 0. The van der Waals surface area contributed by atoms with Crippen molar-refractivity contribution >= 4 is 21.6 Å². The van der Waals surface area contributed by atoms with Crippen LogP contribution < -0.4 is 4.72 Å². The van der Waals surface area contributed by atoms with Gasteiger partial charge in [-0.15, -0.1) is 0 Å². The minimum Gasteiger partial charge on any atom is -0.377 e. The zero-order valence-corrected chi connectivity index (χ0v) is 23.3. The second-order valence-corrected chi connectivity index (χ2v) is 12.7. The molecule has 202 valence electrons. The Labute approximate surface area is 226 Å². The number of rotatable bonds is 10. The van der Waals surface area contributed by atoms with E-state index in [0.29, 0.717) is 43.6 Å². The van der Waals surface area contributed by atoms with Gasteiger partial charge in [-0.3, -0.25) is 9.59 Å². The first-order valence-electron chi connectivity index (χ1n) is 13.1. The molecule has 7 heteroatoms. The molecule has 0 spiro atoms. The quantitative estimate of drug-likeness (QED) is 0.416. The van der Waals surface area contributed by atoms with Crippen molar-refractivity contribution in [2.45, 2.75) is 58.0 Å². The third kappa shape index (κ3) is 5.46. The van der Waals surface area contributed by atoms with E-state index >= 15 is 0 Å². The number of carbonyl (C=O) groups is 2. The standard InChI is InChI=1S/C31H37NO5S/c1-22(2)27-18-31(16-17-37-21-24-8-6-5-7-9-24)29(34)15-12-25(30(31,4)19-28(27)33)20-32-38(35,36)26-13-10-23(3)11-14-26/h5-11,13-14,18,25,32H,1,12,15-17,19-21H2,2-4H3/t25-,30+,31-/m1/s1. The number of Topliss-reactive ketones (excluding diaryl/α,β-unsaturated/α-hetero) is 2. The number of ether oxygens (including phenoxy) is 1. The molecule has 0 radical (unpaired) electrons. The van der Waals surface area contributed by atoms with Crippen molar-refractivity contribution in [1.29, 1.82) is 0 Å². The first kappa shape index (κ1) is 28.1. The average Bonchev–Trinajstić information content (AvgIpc) is 2.87. The zero-order valence-electron chi connectivity index (χ0n) is 22.5. The normalized spacial score (nSPS) is 25.6. The minimum atomic E-state index is -3.74. The Kier molecular flexibility index (Phi) is 8.21. The number of nitrogens with one attached hydrogen (secondary N) is 1. The Morgan fingerprint density at radius 2 is 1.79 bits per heavy atom. The van der Waals surface area contributed by atoms with Gasteiger partial charge in [-0.2, -0.15) is 0 Å². The molecular formula is C31H37NO5S. The topological polar surface area (TPSA) is 89.5 Å². The number of hydrogen-bond acceptors (Lipinski definition) is 5. The van der Waals surface area contributed by atoms with Crippen molar-refractivity contribution in [3.8, 4) is 0 Å². The van der Waals surface area contributed by atoms with E-state index < -0.39 is 20.9 Å². The van der Waals surface area contributed by atoms with Crippen molar-refractivity contribution in [3.63, 3.8) is 0 Å². The second kappa shape index (κ2) is 11.1. The van der Waals surface area contributed by atoms with Crippen LogP contribution in [0.2, 0.25) is 0 Å². The maximum atomic E-state index is 13.7. The van der Waals surface area contributed by atoms with Gasteiger partial charge in [0.15, 0.2) is 5.78 Å². The number of ketones is 2. The minimum absolute atomic E-state index is 0.0538. The van der Waals surface area contributed by atoms with E-state index in [1.165, 1.54) is 0 Å². The van der Waals surface area contributed by atoms with Gasteiger partial charge in [-0.05, 0) is 61.3 Å². The molecule has 6 nitrogen and oxygen atoms in total. The van der Waals surface area contributed by atoms with Crippen LogP contribution in [-0.2, 0) is 31.0 Å². The van der Waals surface area contributed by atoms with Gasteiger partial charge in [0, 0.05) is 31.6 Å². The van der Waals surface area contributed by atoms with Crippen molar-refractivity contribution in [1.82, 2.24) is 4.72 Å². The maximum Gasteiger partial charge on any atom is 0.240 e. The molecular weight excluding hydrogens is 498 g/mol. The van der Waals surface area contributed by atoms with E-state index in [-0.39, 0.29) is 35.3 Å². The number of benzene rings is 2. The average molecular weight is 536 g/mol. The van der Waals surface area contributed by atoms with Crippen LogP contribution in [0.3, 0.4) is 0 Å². The van der Waals surface area contributed by atoms with E-state index in [4.69, 9.17) is 4.74 Å². The Hall–Kier alpha value is -2.87. The molecule has 0 unspecified atom stereocenters. The van der Waals surface area contributed by atoms with Gasteiger partial charge in [-0.25, -0.2) is 13.1 Å². The molecule has 1 saturated carbocycles. The van der Waals surface area contributed by atoms with Crippen LogP contribution in [0.4, 0.5) is 0 Å². The van der Waals surface area contributed by atoms with E-state index in [0.717, 1.165) is 11.1 Å². The maximum absolute atomic E-state index is 13.7. The van der Waals surface area contributed by atoms with E-state index in [9.17, 15) is 18.0 Å². The predicted molar refractivity (Wildman–Crippen MR) is 148 cm³/mol. The van der Waals surface area contributed by atoms with Gasteiger partial charge in [-0.1, -0.05) is 67.6 Å². The molecule has 2 aliphatic carbocycles. The Morgan fingerprint density at radius 1 is 1.11 bits per heavy atom. The Bertz CT molecular complexity index is 1350. The van der Waals surface area contributed by atoms with E-state index in [2.05, 4.69) is 11.3 Å². The van der Waals surface area contributed by atoms with Crippen LogP contribution in [0.5, 0.6) is 0 Å². The highest BCUT2D eigenvalue weighted by atomic mass is 32.2. The van der Waals surface area contributed by atoms with Gasteiger partial charge in [0.05, 0.1) is 16.9 Å². The molecule has 4 rings (SSSR count). The van der Waals surface area contributed by atoms with Gasteiger partial charge in [0.1, 0.15) is 5.78 Å². The third-order valence-corrected chi connectivity index (χ3v) is 9.86. The Balaban J connectivity index is 1.60. The van der Waals surface area contributed by atoms with Crippen LogP contribution in [-0.4, -0.2) is 33.1 Å². The van der Waals surface area contributed by atoms with E-state index in [1.807, 2.05) is 50.3 Å². The van der Waals surface area contributed by atoms with Gasteiger partial charge >= 0.3 is 0 Å². The molecule has 1 N–H and O–H groups in total. The summed E-state index contributed by atoms with van der Waals surface area (Å²) < 4.78 is 34.9. The summed E-state index contributed by atoms with van der Waals surface area (Å²) in [5, 5.41) is 0. The summed E-state index contributed by atoms with van der Waals surface area (Å²) in [5.41, 5.74) is 1.45. The molecule has 0 bridgehead atoms. The lowest BCUT2D eigenvalue weighted by atomic mass is 9.46. The molecule has 38 heavy (non-hydrogen) atoms. The monoisotopic (exact) mass is 535 g/mol. The van der Waals surface area contributed by atoms with E-state index in [1.54, 1.807) is 31.2 Å². The summed E-state index contributed by atoms with van der Waals surface area (Å²) in [6, 6.07) is 16.5.